The zero-order valence-corrected chi connectivity index (χ0v) is 9.79. The lowest BCUT2D eigenvalue weighted by Gasteiger charge is -2.12. The molecule has 1 rings (SSSR count). The Morgan fingerprint density at radius 1 is 1.25 bits per heavy atom. The van der Waals surface area contributed by atoms with Crippen molar-refractivity contribution in [1.82, 2.24) is 0 Å². The van der Waals surface area contributed by atoms with Crippen LogP contribution in [0.3, 0.4) is 0 Å². The normalized spacial score (nSPS) is 10.4. The van der Waals surface area contributed by atoms with Gasteiger partial charge >= 0.3 is 5.97 Å². The molecule has 0 atom stereocenters. The van der Waals surface area contributed by atoms with E-state index in [0.29, 0.717) is 12.0 Å². The number of benzene rings is 1. The molecule has 0 amide bonds. The first-order chi connectivity index (χ1) is 7.61. The van der Waals surface area contributed by atoms with Crippen LogP contribution in [0.15, 0.2) is 12.1 Å². The van der Waals surface area contributed by atoms with Gasteiger partial charge in [-0.3, -0.25) is 0 Å². The fraction of sp³-hybridized carbons (Fsp3) is 0.462. The number of aromatic hydroxyl groups is 1. The molecule has 0 saturated heterocycles. The van der Waals surface area contributed by atoms with Crippen LogP contribution in [0.25, 0.3) is 0 Å². The third kappa shape index (κ3) is 2.54. The smallest absolute Gasteiger partial charge is 0.335 e. The van der Waals surface area contributed by atoms with Gasteiger partial charge < -0.3 is 10.2 Å². The van der Waals surface area contributed by atoms with Gasteiger partial charge in [-0.05, 0) is 42.5 Å². The van der Waals surface area contributed by atoms with Crippen molar-refractivity contribution in [2.45, 2.75) is 39.5 Å². The average Bonchev–Trinajstić information content (AvgIpc) is 2.25. The summed E-state index contributed by atoms with van der Waals surface area (Å²) < 4.78 is 0. The highest BCUT2D eigenvalue weighted by molar-refractivity contribution is 5.90. The Morgan fingerprint density at radius 3 is 2.44 bits per heavy atom. The first-order valence-corrected chi connectivity index (χ1v) is 5.68. The van der Waals surface area contributed by atoms with Crippen molar-refractivity contribution in [3.63, 3.8) is 0 Å². The molecule has 0 aliphatic heterocycles. The summed E-state index contributed by atoms with van der Waals surface area (Å²) >= 11 is 0. The lowest BCUT2D eigenvalue weighted by Crippen LogP contribution is -2.06. The van der Waals surface area contributed by atoms with E-state index in [1.165, 1.54) is 12.1 Å². The van der Waals surface area contributed by atoms with Crippen LogP contribution in [0, 0.1) is 0 Å². The molecule has 0 bridgehead atoms. The predicted molar refractivity (Wildman–Crippen MR) is 63.1 cm³/mol. The fourth-order valence-corrected chi connectivity index (χ4v) is 1.91. The Morgan fingerprint density at radius 2 is 1.94 bits per heavy atom. The van der Waals surface area contributed by atoms with Crippen LogP contribution < -0.4 is 0 Å². The molecule has 0 aromatic heterocycles. The molecule has 0 unspecified atom stereocenters. The van der Waals surface area contributed by atoms with Gasteiger partial charge in [0.05, 0.1) is 5.56 Å². The second-order valence-electron chi connectivity index (χ2n) is 3.85. The van der Waals surface area contributed by atoms with E-state index in [-0.39, 0.29) is 5.75 Å². The second kappa shape index (κ2) is 5.54. The van der Waals surface area contributed by atoms with Gasteiger partial charge in [0.2, 0.25) is 0 Å². The first-order valence-electron chi connectivity index (χ1n) is 5.68. The number of aromatic carboxylic acids is 1. The van der Waals surface area contributed by atoms with Gasteiger partial charge in [0.1, 0.15) is 5.75 Å². The summed E-state index contributed by atoms with van der Waals surface area (Å²) in [6.45, 7) is 3.99. The maximum Gasteiger partial charge on any atom is 0.335 e. The quantitative estimate of drug-likeness (QED) is 0.805. The minimum absolute atomic E-state index is 0.207. The van der Waals surface area contributed by atoms with Crippen LogP contribution in [0.4, 0.5) is 0 Å². The number of unbranched alkanes of at least 4 members (excludes halogenated alkanes) is 1. The van der Waals surface area contributed by atoms with Crippen molar-refractivity contribution in [1.29, 1.82) is 0 Å². The predicted octanol–water partition coefficient (Wildman–Crippen LogP) is 3.00. The molecule has 16 heavy (non-hydrogen) atoms. The molecule has 0 aliphatic carbocycles. The molecule has 0 aliphatic rings. The topological polar surface area (TPSA) is 57.5 Å². The number of hydrogen-bond donors (Lipinski definition) is 2. The summed E-state index contributed by atoms with van der Waals surface area (Å²) in [6, 6.07) is 2.96. The number of rotatable bonds is 5. The highest BCUT2D eigenvalue weighted by Gasteiger charge is 2.15. The van der Waals surface area contributed by atoms with Crippen molar-refractivity contribution in [3.8, 4) is 5.75 Å². The Bertz CT molecular complexity index is 383. The van der Waals surface area contributed by atoms with Crippen molar-refractivity contribution in [3.05, 3.63) is 28.8 Å². The van der Waals surface area contributed by atoms with Gasteiger partial charge in [-0.2, -0.15) is 0 Å². The Labute approximate surface area is 95.7 Å². The lowest BCUT2D eigenvalue weighted by molar-refractivity contribution is 0.0695. The molecule has 88 valence electrons. The summed E-state index contributed by atoms with van der Waals surface area (Å²) in [5.74, 6) is -0.709. The van der Waals surface area contributed by atoms with E-state index in [2.05, 4.69) is 6.92 Å². The molecule has 0 radical (unpaired) electrons. The Balaban J connectivity index is 3.23. The number of carboxylic acids is 1. The van der Waals surface area contributed by atoms with Gasteiger partial charge in [-0.25, -0.2) is 4.79 Å². The van der Waals surface area contributed by atoms with Crippen LogP contribution in [-0.2, 0) is 12.8 Å². The molecule has 1 aromatic carbocycles. The fourth-order valence-electron chi connectivity index (χ4n) is 1.91. The van der Waals surface area contributed by atoms with E-state index < -0.39 is 5.97 Å². The van der Waals surface area contributed by atoms with Crippen LogP contribution in [-0.4, -0.2) is 16.2 Å². The summed E-state index contributed by atoms with van der Waals surface area (Å²) in [5.41, 5.74) is 1.88. The number of phenolic OH excluding ortho intramolecular Hbond substituents is 1. The minimum atomic E-state index is -0.916. The zero-order valence-electron chi connectivity index (χ0n) is 9.79. The molecule has 1 aromatic rings. The molecule has 0 heterocycles. The highest BCUT2D eigenvalue weighted by atomic mass is 16.4. The highest BCUT2D eigenvalue weighted by Crippen LogP contribution is 2.26. The summed E-state index contributed by atoms with van der Waals surface area (Å²) in [4.78, 5) is 11.1. The summed E-state index contributed by atoms with van der Waals surface area (Å²) in [5, 5.41) is 18.8. The number of hydrogen-bond acceptors (Lipinski definition) is 2. The van der Waals surface area contributed by atoms with Gasteiger partial charge in [-0.15, -0.1) is 0 Å². The van der Waals surface area contributed by atoms with Crippen molar-refractivity contribution in [2.75, 3.05) is 0 Å². The van der Waals surface area contributed by atoms with Crippen molar-refractivity contribution < 1.29 is 15.0 Å². The molecule has 0 fully saturated rings. The molecular formula is C13H18O3. The molecule has 0 spiro atoms. The molecule has 3 nitrogen and oxygen atoms in total. The van der Waals surface area contributed by atoms with E-state index in [9.17, 15) is 9.90 Å². The van der Waals surface area contributed by atoms with E-state index in [4.69, 9.17) is 5.11 Å². The van der Waals surface area contributed by atoms with Crippen molar-refractivity contribution >= 4 is 5.97 Å². The average molecular weight is 222 g/mol. The first kappa shape index (κ1) is 12.6. The minimum Gasteiger partial charge on any atom is -0.508 e. The third-order valence-corrected chi connectivity index (χ3v) is 2.77. The molecule has 2 N–H and O–H groups in total. The molecule has 0 saturated carbocycles. The summed E-state index contributed by atoms with van der Waals surface area (Å²) in [7, 11) is 0. The molecule has 3 heteroatoms. The van der Waals surface area contributed by atoms with Gasteiger partial charge in [0.25, 0.3) is 0 Å². The number of carboxylic acid groups (broad SMARTS) is 1. The summed E-state index contributed by atoms with van der Waals surface area (Å²) in [6.07, 6.45) is 3.33. The Kier molecular flexibility index (Phi) is 4.35. The van der Waals surface area contributed by atoms with Crippen LogP contribution >= 0.6 is 0 Å². The van der Waals surface area contributed by atoms with Gasteiger partial charge in [-0.1, -0.05) is 20.3 Å². The van der Waals surface area contributed by atoms with E-state index in [0.717, 1.165) is 30.4 Å². The number of phenols is 1. The van der Waals surface area contributed by atoms with Crippen LogP contribution in [0.5, 0.6) is 5.75 Å². The lowest BCUT2D eigenvalue weighted by atomic mass is 9.94. The van der Waals surface area contributed by atoms with Gasteiger partial charge in [0.15, 0.2) is 0 Å². The SMILES string of the molecule is CCCCc1c(C(=O)O)ccc(O)c1CC. The van der Waals surface area contributed by atoms with Crippen LogP contribution in [0.1, 0.15) is 48.2 Å². The monoisotopic (exact) mass is 222 g/mol. The van der Waals surface area contributed by atoms with Crippen LogP contribution in [0.2, 0.25) is 0 Å². The zero-order chi connectivity index (χ0) is 12.1. The second-order valence-corrected chi connectivity index (χ2v) is 3.85. The maximum absolute atomic E-state index is 11.1. The third-order valence-electron chi connectivity index (χ3n) is 2.77. The van der Waals surface area contributed by atoms with Gasteiger partial charge in [0, 0.05) is 0 Å². The van der Waals surface area contributed by atoms with E-state index in [1.807, 2.05) is 6.92 Å². The standard InChI is InChI=1S/C13H18O3/c1-3-5-6-10-9(4-2)12(14)8-7-11(10)13(15)16/h7-8,14H,3-6H2,1-2H3,(H,15,16). The molecular weight excluding hydrogens is 204 g/mol. The maximum atomic E-state index is 11.1. The van der Waals surface area contributed by atoms with E-state index in [1.54, 1.807) is 0 Å². The van der Waals surface area contributed by atoms with Crippen molar-refractivity contribution in [2.24, 2.45) is 0 Å². The van der Waals surface area contributed by atoms with E-state index >= 15 is 0 Å². The Hall–Kier alpha value is -1.51. The largest absolute Gasteiger partial charge is 0.508 e. The number of carbonyl (C=O) groups is 1.